The van der Waals surface area contributed by atoms with Crippen molar-refractivity contribution in [1.82, 2.24) is 10.3 Å². The molecule has 0 fully saturated rings. The molecule has 0 saturated carbocycles. The lowest BCUT2D eigenvalue weighted by Gasteiger charge is -2.06. The van der Waals surface area contributed by atoms with Gasteiger partial charge >= 0.3 is 0 Å². The van der Waals surface area contributed by atoms with Gasteiger partial charge in [-0.05, 0) is 37.6 Å². The molecule has 1 heterocycles. The number of rotatable bonds is 6. The molecule has 0 unspecified atom stereocenters. The van der Waals surface area contributed by atoms with Gasteiger partial charge in [0.2, 0.25) is 5.91 Å². The Morgan fingerprint density at radius 3 is 2.87 bits per heavy atom. The second-order valence-electron chi connectivity index (χ2n) is 4.95. The summed E-state index contributed by atoms with van der Waals surface area (Å²) < 4.78 is 0. The summed E-state index contributed by atoms with van der Waals surface area (Å²) in [5.74, 6) is -0.404. The number of thiazole rings is 1. The van der Waals surface area contributed by atoms with E-state index >= 15 is 0 Å². The van der Waals surface area contributed by atoms with Crippen LogP contribution in [0.2, 0.25) is 0 Å². The average Bonchev–Trinajstić information content (AvgIpc) is 2.96. The zero-order valence-corrected chi connectivity index (χ0v) is 13.9. The fraction of sp³-hybridized carbons (Fsp3) is 0.235. The average molecular weight is 329 g/mol. The number of hydrogen-bond donors (Lipinski definition) is 2. The van der Waals surface area contributed by atoms with Crippen molar-refractivity contribution in [3.05, 3.63) is 52.0 Å². The van der Waals surface area contributed by atoms with Crippen molar-refractivity contribution in [1.29, 1.82) is 0 Å². The third kappa shape index (κ3) is 5.34. The van der Waals surface area contributed by atoms with Crippen molar-refractivity contribution in [2.45, 2.75) is 20.3 Å². The van der Waals surface area contributed by atoms with Crippen LogP contribution in [0.3, 0.4) is 0 Å². The molecule has 6 heteroatoms. The Kier molecular flexibility index (Phi) is 6.05. The van der Waals surface area contributed by atoms with Crippen molar-refractivity contribution in [2.24, 2.45) is 0 Å². The van der Waals surface area contributed by atoms with E-state index in [2.05, 4.69) is 15.6 Å². The zero-order valence-electron chi connectivity index (χ0n) is 13.1. The second-order valence-corrected chi connectivity index (χ2v) is 6.01. The Morgan fingerprint density at radius 2 is 2.17 bits per heavy atom. The summed E-state index contributed by atoms with van der Waals surface area (Å²) >= 11 is 1.53. The van der Waals surface area contributed by atoms with Gasteiger partial charge in [-0.1, -0.05) is 13.0 Å². The van der Waals surface area contributed by atoms with E-state index in [1.807, 2.05) is 19.2 Å². The van der Waals surface area contributed by atoms with Gasteiger partial charge in [-0.25, -0.2) is 4.98 Å². The third-order valence-electron chi connectivity index (χ3n) is 2.97. The number of aromatic nitrogens is 1. The lowest BCUT2D eigenvalue weighted by molar-refractivity contribution is -0.111. The highest BCUT2D eigenvalue weighted by atomic mass is 32.1. The Balaban J connectivity index is 1.98. The predicted molar refractivity (Wildman–Crippen MR) is 93.6 cm³/mol. The van der Waals surface area contributed by atoms with E-state index in [9.17, 15) is 9.59 Å². The molecule has 2 N–H and O–H groups in total. The summed E-state index contributed by atoms with van der Waals surface area (Å²) in [4.78, 5) is 28.1. The minimum atomic E-state index is -0.262. The van der Waals surface area contributed by atoms with E-state index in [1.165, 1.54) is 17.4 Å². The molecule has 5 nitrogen and oxygen atoms in total. The van der Waals surface area contributed by atoms with E-state index in [4.69, 9.17) is 0 Å². The van der Waals surface area contributed by atoms with Crippen LogP contribution in [0.15, 0.2) is 35.7 Å². The molecule has 1 aromatic carbocycles. The first kappa shape index (κ1) is 16.9. The maximum absolute atomic E-state index is 11.9. The molecule has 0 bridgehead atoms. The van der Waals surface area contributed by atoms with Gasteiger partial charge in [0.25, 0.3) is 5.91 Å². The van der Waals surface area contributed by atoms with Crippen molar-refractivity contribution in [3.8, 4) is 0 Å². The molecule has 2 aromatic rings. The zero-order chi connectivity index (χ0) is 16.7. The highest BCUT2D eigenvalue weighted by molar-refractivity contribution is 7.09. The minimum absolute atomic E-state index is 0.142. The van der Waals surface area contributed by atoms with E-state index in [0.29, 0.717) is 17.8 Å². The van der Waals surface area contributed by atoms with Crippen LogP contribution in [0, 0.1) is 6.92 Å². The van der Waals surface area contributed by atoms with E-state index in [0.717, 1.165) is 17.1 Å². The molecule has 0 spiro atoms. The van der Waals surface area contributed by atoms with Gasteiger partial charge in [0.15, 0.2) is 0 Å². The Morgan fingerprint density at radius 1 is 1.35 bits per heavy atom. The number of carbonyl (C=O) groups excluding carboxylic acids is 2. The molecule has 23 heavy (non-hydrogen) atoms. The molecule has 0 aliphatic carbocycles. The normalized spacial score (nSPS) is 10.7. The van der Waals surface area contributed by atoms with Crippen LogP contribution in [0.4, 0.5) is 5.69 Å². The summed E-state index contributed by atoms with van der Waals surface area (Å²) in [6.07, 6.45) is 3.97. The van der Waals surface area contributed by atoms with Gasteiger partial charge in [0, 0.05) is 29.3 Å². The fourth-order valence-electron chi connectivity index (χ4n) is 1.88. The molecule has 120 valence electrons. The van der Waals surface area contributed by atoms with Gasteiger partial charge in [-0.3, -0.25) is 9.59 Å². The van der Waals surface area contributed by atoms with Gasteiger partial charge in [-0.2, -0.15) is 0 Å². The monoisotopic (exact) mass is 329 g/mol. The molecule has 0 aliphatic rings. The smallest absolute Gasteiger partial charge is 0.251 e. The van der Waals surface area contributed by atoms with Gasteiger partial charge in [0.05, 0.1) is 10.7 Å². The van der Waals surface area contributed by atoms with E-state index in [1.54, 1.807) is 30.3 Å². The van der Waals surface area contributed by atoms with Crippen LogP contribution in [-0.4, -0.2) is 23.3 Å². The molecule has 2 rings (SSSR count). The van der Waals surface area contributed by atoms with Crippen molar-refractivity contribution >= 4 is 34.9 Å². The van der Waals surface area contributed by atoms with Crippen molar-refractivity contribution in [2.75, 3.05) is 11.9 Å². The number of anilines is 1. The van der Waals surface area contributed by atoms with Crippen LogP contribution in [-0.2, 0) is 4.79 Å². The molecule has 1 aromatic heterocycles. The van der Waals surface area contributed by atoms with E-state index < -0.39 is 0 Å². The third-order valence-corrected chi connectivity index (χ3v) is 3.76. The summed E-state index contributed by atoms with van der Waals surface area (Å²) in [6.45, 7) is 4.54. The van der Waals surface area contributed by atoms with Crippen LogP contribution in [0.1, 0.15) is 34.4 Å². The number of hydrogen-bond acceptors (Lipinski definition) is 4. The molecular formula is C17H19N3O2S. The first-order valence-corrected chi connectivity index (χ1v) is 8.26. The number of aryl methyl sites for hydroxylation is 1. The maximum atomic E-state index is 11.9. The summed E-state index contributed by atoms with van der Waals surface area (Å²) in [5.41, 5.74) is 1.86. The minimum Gasteiger partial charge on any atom is -0.352 e. The van der Waals surface area contributed by atoms with Gasteiger partial charge < -0.3 is 10.6 Å². The van der Waals surface area contributed by atoms with Crippen LogP contribution in [0.25, 0.3) is 6.08 Å². The first-order chi connectivity index (χ1) is 11.1. The summed E-state index contributed by atoms with van der Waals surface area (Å²) in [6, 6.07) is 6.86. The standard InChI is InChI=1S/C17H19N3O2S/c1-3-9-18-17(22)13-5-4-6-14(10-13)20-16(21)8-7-15-11-23-12(2)19-15/h4-8,10-11H,3,9H2,1-2H3,(H,18,22)(H,20,21)/b8-7-. The number of benzene rings is 1. The topological polar surface area (TPSA) is 71.1 Å². The maximum Gasteiger partial charge on any atom is 0.251 e. The molecule has 0 radical (unpaired) electrons. The number of nitrogens with one attached hydrogen (secondary N) is 2. The lowest BCUT2D eigenvalue weighted by atomic mass is 10.2. The van der Waals surface area contributed by atoms with Gasteiger partial charge in [0.1, 0.15) is 0 Å². The number of amides is 2. The van der Waals surface area contributed by atoms with Crippen LogP contribution < -0.4 is 10.6 Å². The largest absolute Gasteiger partial charge is 0.352 e. The SMILES string of the molecule is CCCNC(=O)c1cccc(NC(=O)/C=C\c2csc(C)n2)c1. The second kappa shape index (κ2) is 8.24. The molecule has 2 amide bonds. The molecule has 0 saturated heterocycles. The highest BCUT2D eigenvalue weighted by Crippen LogP contribution is 2.12. The number of nitrogens with zero attached hydrogens (tertiary/aromatic N) is 1. The lowest BCUT2D eigenvalue weighted by Crippen LogP contribution is -2.24. The van der Waals surface area contributed by atoms with Crippen molar-refractivity contribution < 1.29 is 9.59 Å². The fourth-order valence-corrected chi connectivity index (χ4v) is 2.46. The molecule has 0 atom stereocenters. The quantitative estimate of drug-likeness (QED) is 0.799. The van der Waals surface area contributed by atoms with Crippen LogP contribution >= 0.6 is 11.3 Å². The van der Waals surface area contributed by atoms with E-state index in [-0.39, 0.29) is 11.8 Å². The van der Waals surface area contributed by atoms with Gasteiger partial charge in [-0.15, -0.1) is 11.3 Å². The Hall–Kier alpha value is -2.47. The Bertz CT molecular complexity index is 722. The summed E-state index contributed by atoms with van der Waals surface area (Å²) in [7, 11) is 0. The Labute approximate surface area is 139 Å². The van der Waals surface area contributed by atoms with Crippen molar-refractivity contribution in [3.63, 3.8) is 0 Å². The number of carbonyl (C=O) groups is 2. The van der Waals surface area contributed by atoms with Crippen LogP contribution in [0.5, 0.6) is 0 Å². The summed E-state index contributed by atoms with van der Waals surface area (Å²) in [5, 5.41) is 8.39. The predicted octanol–water partition coefficient (Wildman–Crippen LogP) is 3.24. The first-order valence-electron chi connectivity index (χ1n) is 7.38. The molecular weight excluding hydrogens is 310 g/mol. The highest BCUT2D eigenvalue weighted by Gasteiger charge is 2.06. The molecule has 0 aliphatic heterocycles.